The molecule has 0 spiro atoms. The number of nitrogens with two attached hydrogens (primary N) is 2. The molecule has 0 aliphatic carbocycles. The highest BCUT2D eigenvalue weighted by Crippen LogP contribution is 2.45. The van der Waals surface area contributed by atoms with Gasteiger partial charge >= 0.3 is 0 Å². The molecule has 2 aromatic carbocycles. The lowest BCUT2D eigenvalue weighted by atomic mass is 9.92. The van der Waals surface area contributed by atoms with Gasteiger partial charge in [0.05, 0.1) is 65.9 Å². The standard InChI is InChI=1S/C20H28N2O6/c1-23-11-7-13(25-3)17(14(8-11)26-4)19(21)20(22)18-15(27-5)9-12(24-2)10-16(18)28-6/h7-10,19-20H,21-22H2,1-6H3. The van der Waals surface area contributed by atoms with E-state index in [2.05, 4.69) is 0 Å². The second kappa shape index (κ2) is 9.38. The Morgan fingerprint density at radius 3 is 0.929 bits per heavy atom. The van der Waals surface area contributed by atoms with Crippen LogP contribution in [0.5, 0.6) is 34.5 Å². The fourth-order valence-corrected chi connectivity index (χ4v) is 3.08. The van der Waals surface area contributed by atoms with Crippen LogP contribution in [0.2, 0.25) is 0 Å². The van der Waals surface area contributed by atoms with Crippen molar-refractivity contribution in [1.82, 2.24) is 0 Å². The van der Waals surface area contributed by atoms with Gasteiger partial charge in [0.25, 0.3) is 0 Å². The fourth-order valence-electron chi connectivity index (χ4n) is 3.08. The van der Waals surface area contributed by atoms with Gasteiger partial charge in [0.15, 0.2) is 0 Å². The number of ether oxygens (including phenoxy) is 6. The molecule has 0 saturated heterocycles. The molecule has 0 aromatic heterocycles. The lowest BCUT2D eigenvalue weighted by Crippen LogP contribution is -2.28. The number of benzene rings is 2. The predicted molar refractivity (Wildman–Crippen MR) is 106 cm³/mol. The van der Waals surface area contributed by atoms with Crippen LogP contribution in [0.25, 0.3) is 0 Å². The molecule has 0 amide bonds. The molecule has 0 bridgehead atoms. The summed E-state index contributed by atoms with van der Waals surface area (Å²) in [6.07, 6.45) is 0. The number of rotatable bonds is 9. The third-order valence-electron chi connectivity index (χ3n) is 4.56. The second-order valence-corrected chi connectivity index (χ2v) is 5.94. The molecule has 2 rings (SSSR count). The molecule has 0 heterocycles. The van der Waals surface area contributed by atoms with Gasteiger partial charge in [-0.3, -0.25) is 0 Å². The first-order valence-corrected chi connectivity index (χ1v) is 8.56. The van der Waals surface area contributed by atoms with Gasteiger partial charge in [0.2, 0.25) is 0 Å². The third kappa shape index (κ3) is 4.02. The Hall–Kier alpha value is -2.84. The molecule has 2 unspecified atom stereocenters. The maximum absolute atomic E-state index is 6.56. The zero-order chi connectivity index (χ0) is 20.8. The van der Waals surface area contributed by atoms with Gasteiger partial charge in [-0.2, -0.15) is 0 Å². The summed E-state index contributed by atoms with van der Waals surface area (Å²) in [5.74, 6) is 3.18. The van der Waals surface area contributed by atoms with Crippen LogP contribution >= 0.6 is 0 Å². The maximum atomic E-state index is 6.56. The molecular weight excluding hydrogens is 364 g/mol. The molecule has 0 aliphatic heterocycles. The number of hydrogen-bond acceptors (Lipinski definition) is 8. The predicted octanol–water partition coefficient (Wildman–Crippen LogP) is 2.44. The Balaban J connectivity index is 2.61. The summed E-state index contributed by atoms with van der Waals surface area (Å²) in [6.45, 7) is 0. The van der Waals surface area contributed by atoms with Crippen LogP contribution in [0, 0.1) is 0 Å². The van der Waals surface area contributed by atoms with Gasteiger partial charge < -0.3 is 39.9 Å². The largest absolute Gasteiger partial charge is 0.496 e. The highest BCUT2D eigenvalue weighted by molar-refractivity contribution is 5.56. The minimum atomic E-state index is -0.688. The van der Waals surface area contributed by atoms with Gasteiger partial charge in [0.1, 0.15) is 34.5 Å². The van der Waals surface area contributed by atoms with E-state index in [1.165, 1.54) is 0 Å². The van der Waals surface area contributed by atoms with Crippen molar-refractivity contribution in [1.29, 1.82) is 0 Å². The lowest BCUT2D eigenvalue weighted by molar-refractivity contribution is 0.347. The van der Waals surface area contributed by atoms with Crippen molar-refractivity contribution < 1.29 is 28.4 Å². The molecule has 0 fully saturated rings. The van der Waals surface area contributed by atoms with Gasteiger partial charge in [-0.25, -0.2) is 0 Å². The van der Waals surface area contributed by atoms with Crippen molar-refractivity contribution in [3.63, 3.8) is 0 Å². The Kier molecular flexibility index (Phi) is 7.19. The molecular formula is C20H28N2O6. The van der Waals surface area contributed by atoms with E-state index in [1.807, 2.05) is 0 Å². The summed E-state index contributed by atoms with van der Waals surface area (Å²) < 4.78 is 32.6. The lowest BCUT2D eigenvalue weighted by Gasteiger charge is -2.27. The van der Waals surface area contributed by atoms with Gasteiger partial charge in [-0.15, -0.1) is 0 Å². The maximum Gasteiger partial charge on any atom is 0.131 e. The number of hydrogen-bond donors (Lipinski definition) is 2. The van der Waals surface area contributed by atoms with Crippen molar-refractivity contribution >= 4 is 0 Å². The van der Waals surface area contributed by atoms with Crippen LogP contribution in [0.4, 0.5) is 0 Å². The smallest absolute Gasteiger partial charge is 0.131 e. The molecule has 8 nitrogen and oxygen atoms in total. The van der Waals surface area contributed by atoms with Crippen LogP contribution in [0.3, 0.4) is 0 Å². The minimum Gasteiger partial charge on any atom is -0.496 e. The molecule has 28 heavy (non-hydrogen) atoms. The van der Waals surface area contributed by atoms with Crippen molar-refractivity contribution in [2.75, 3.05) is 42.7 Å². The SMILES string of the molecule is COc1cc(OC)c(C(N)C(N)c2c(OC)cc(OC)cc2OC)c(OC)c1. The van der Waals surface area contributed by atoms with E-state index in [9.17, 15) is 0 Å². The van der Waals surface area contributed by atoms with E-state index in [0.717, 1.165) is 0 Å². The van der Waals surface area contributed by atoms with Gasteiger partial charge in [-0.05, 0) is 0 Å². The first-order chi connectivity index (χ1) is 13.4. The van der Waals surface area contributed by atoms with Crippen molar-refractivity contribution in [2.24, 2.45) is 11.5 Å². The molecule has 0 radical (unpaired) electrons. The number of methoxy groups -OCH3 is 6. The molecule has 154 valence electrons. The van der Waals surface area contributed by atoms with Crippen LogP contribution < -0.4 is 39.9 Å². The Morgan fingerprint density at radius 2 is 0.750 bits per heavy atom. The summed E-state index contributed by atoms with van der Waals surface area (Å²) >= 11 is 0. The fraction of sp³-hybridized carbons (Fsp3) is 0.400. The van der Waals surface area contributed by atoms with Crippen molar-refractivity contribution in [2.45, 2.75) is 12.1 Å². The average molecular weight is 392 g/mol. The Morgan fingerprint density at radius 1 is 0.500 bits per heavy atom. The second-order valence-electron chi connectivity index (χ2n) is 5.94. The molecule has 2 aromatic rings. The molecule has 2 atom stereocenters. The first kappa shape index (κ1) is 21.5. The molecule has 8 heteroatoms. The van der Waals surface area contributed by atoms with E-state index in [1.54, 1.807) is 66.9 Å². The van der Waals surface area contributed by atoms with Crippen LogP contribution in [0.1, 0.15) is 23.2 Å². The van der Waals surface area contributed by atoms with Crippen molar-refractivity contribution in [3.8, 4) is 34.5 Å². The van der Waals surface area contributed by atoms with Crippen LogP contribution in [-0.4, -0.2) is 42.7 Å². The summed E-state index contributed by atoms with van der Waals surface area (Å²) in [7, 11) is 9.31. The quantitative estimate of drug-likeness (QED) is 0.670. The highest BCUT2D eigenvalue weighted by atomic mass is 16.5. The van der Waals surface area contributed by atoms with Crippen LogP contribution in [0.15, 0.2) is 24.3 Å². The molecule has 0 aliphatic rings. The minimum absolute atomic E-state index is 0.505. The average Bonchev–Trinajstić information content (AvgIpc) is 2.75. The molecule has 0 saturated carbocycles. The van der Waals surface area contributed by atoms with E-state index in [4.69, 9.17) is 39.9 Å². The van der Waals surface area contributed by atoms with Gasteiger partial charge in [-0.1, -0.05) is 0 Å². The normalized spacial score (nSPS) is 12.7. The zero-order valence-corrected chi connectivity index (χ0v) is 17.1. The van der Waals surface area contributed by atoms with Crippen molar-refractivity contribution in [3.05, 3.63) is 35.4 Å². The summed E-state index contributed by atoms with van der Waals surface area (Å²) in [5.41, 5.74) is 14.3. The Bertz CT molecular complexity index is 694. The topological polar surface area (TPSA) is 107 Å². The molecule has 4 N–H and O–H groups in total. The monoisotopic (exact) mass is 392 g/mol. The Labute approximate surface area is 165 Å². The van der Waals surface area contributed by atoms with E-state index in [0.29, 0.717) is 45.6 Å². The van der Waals surface area contributed by atoms with E-state index >= 15 is 0 Å². The van der Waals surface area contributed by atoms with Gasteiger partial charge in [0, 0.05) is 24.3 Å². The summed E-state index contributed by atoms with van der Waals surface area (Å²) in [4.78, 5) is 0. The van der Waals surface area contributed by atoms with E-state index in [-0.39, 0.29) is 0 Å². The highest BCUT2D eigenvalue weighted by Gasteiger charge is 2.30. The zero-order valence-electron chi connectivity index (χ0n) is 17.1. The van der Waals surface area contributed by atoms with E-state index < -0.39 is 12.1 Å². The summed E-state index contributed by atoms with van der Waals surface area (Å²) in [5, 5.41) is 0. The van der Waals surface area contributed by atoms with Crippen LogP contribution in [-0.2, 0) is 0 Å². The summed E-state index contributed by atoms with van der Waals surface area (Å²) in [6, 6.07) is 5.54. The third-order valence-corrected chi connectivity index (χ3v) is 4.56. The first-order valence-electron chi connectivity index (χ1n) is 8.56.